The van der Waals surface area contributed by atoms with Gasteiger partial charge in [-0.15, -0.1) is 0 Å². The second kappa shape index (κ2) is 11.0. The fourth-order valence-corrected chi connectivity index (χ4v) is 2.59. The van der Waals surface area contributed by atoms with E-state index in [1.165, 1.54) is 26.2 Å². The zero-order valence-electron chi connectivity index (χ0n) is 14.2. The quantitative estimate of drug-likeness (QED) is 0.814. The molecular weight excluding hydrogens is 294 g/mol. The molecule has 0 bridgehead atoms. The van der Waals surface area contributed by atoms with E-state index in [1.54, 1.807) is 7.11 Å². The molecule has 0 radical (unpaired) electrons. The van der Waals surface area contributed by atoms with E-state index in [-0.39, 0.29) is 12.1 Å². The van der Waals surface area contributed by atoms with Crippen molar-refractivity contribution in [3.63, 3.8) is 0 Å². The van der Waals surface area contributed by atoms with Gasteiger partial charge in [0.2, 0.25) is 0 Å². The molecule has 0 spiro atoms. The molecule has 1 fully saturated rings. The van der Waals surface area contributed by atoms with Crippen LogP contribution in [0.3, 0.4) is 0 Å². The van der Waals surface area contributed by atoms with Gasteiger partial charge in [-0.2, -0.15) is 0 Å². The molecule has 0 aliphatic heterocycles. The molecule has 0 heterocycles. The molecular formula is C18H29NO4. The number of hydrogen-bond acceptors (Lipinski definition) is 5. The lowest BCUT2D eigenvalue weighted by atomic mass is 9.98. The third-order valence-corrected chi connectivity index (χ3v) is 3.80. The topological polar surface area (TPSA) is 81.8 Å². The normalized spacial score (nSPS) is 16.0. The number of carbonyl (C=O) groups excluding carboxylic acids is 1. The van der Waals surface area contributed by atoms with Crippen LogP contribution in [-0.4, -0.2) is 30.8 Å². The molecule has 1 aromatic carbocycles. The number of ether oxygens (including phenoxy) is 2. The van der Waals surface area contributed by atoms with Gasteiger partial charge in [-0.05, 0) is 56.3 Å². The molecule has 1 saturated carbocycles. The van der Waals surface area contributed by atoms with Crippen LogP contribution in [0.2, 0.25) is 0 Å². The summed E-state index contributed by atoms with van der Waals surface area (Å²) in [6.45, 7) is 1.97. The Kier molecular flexibility index (Phi) is 9.33. The molecule has 130 valence electrons. The van der Waals surface area contributed by atoms with E-state index < -0.39 is 6.10 Å². The minimum Gasteiger partial charge on any atom is -0.497 e. The minimum atomic E-state index is -0.486. The first-order valence-corrected chi connectivity index (χ1v) is 8.26. The molecule has 0 saturated heterocycles. The SMILES string of the molecule is CC(=O)OC1CCCCC1.COc1cccc([C@H](O)CCN)c1. The largest absolute Gasteiger partial charge is 0.497 e. The average Bonchev–Trinajstić information content (AvgIpc) is 2.56. The van der Waals surface area contributed by atoms with Gasteiger partial charge in [0.15, 0.2) is 0 Å². The van der Waals surface area contributed by atoms with Crippen molar-refractivity contribution < 1.29 is 19.4 Å². The third kappa shape index (κ3) is 8.00. The van der Waals surface area contributed by atoms with Crippen molar-refractivity contribution in [1.82, 2.24) is 0 Å². The molecule has 2 rings (SSSR count). The lowest BCUT2D eigenvalue weighted by Crippen LogP contribution is -2.18. The van der Waals surface area contributed by atoms with E-state index in [9.17, 15) is 9.90 Å². The number of esters is 1. The summed E-state index contributed by atoms with van der Waals surface area (Å²) in [5.41, 5.74) is 6.20. The van der Waals surface area contributed by atoms with Gasteiger partial charge >= 0.3 is 5.97 Å². The van der Waals surface area contributed by atoms with Gasteiger partial charge in [0, 0.05) is 6.92 Å². The van der Waals surface area contributed by atoms with Gasteiger partial charge in [0.1, 0.15) is 11.9 Å². The van der Waals surface area contributed by atoms with Crippen molar-refractivity contribution >= 4 is 5.97 Å². The molecule has 1 aliphatic carbocycles. The number of rotatable bonds is 5. The maximum absolute atomic E-state index is 10.5. The van der Waals surface area contributed by atoms with Gasteiger partial charge in [-0.3, -0.25) is 4.79 Å². The number of benzene rings is 1. The Morgan fingerprint density at radius 2 is 2.04 bits per heavy atom. The highest BCUT2D eigenvalue weighted by Gasteiger charge is 2.14. The minimum absolute atomic E-state index is 0.132. The third-order valence-electron chi connectivity index (χ3n) is 3.80. The summed E-state index contributed by atoms with van der Waals surface area (Å²) >= 11 is 0. The summed E-state index contributed by atoms with van der Waals surface area (Å²) < 4.78 is 10.1. The summed E-state index contributed by atoms with van der Waals surface area (Å²) in [7, 11) is 1.61. The highest BCUT2D eigenvalue weighted by molar-refractivity contribution is 5.66. The first-order valence-electron chi connectivity index (χ1n) is 8.26. The van der Waals surface area contributed by atoms with Crippen molar-refractivity contribution in [2.45, 2.75) is 57.7 Å². The van der Waals surface area contributed by atoms with Crippen LogP contribution in [0.5, 0.6) is 5.75 Å². The first kappa shape index (κ1) is 19.5. The molecule has 5 nitrogen and oxygen atoms in total. The summed E-state index contributed by atoms with van der Waals surface area (Å²) in [4.78, 5) is 10.5. The number of aliphatic hydroxyl groups is 1. The molecule has 0 unspecified atom stereocenters. The van der Waals surface area contributed by atoms with Gasteiger partial charge in [-0.1, -0.05) is 18.6 Å². The summed E-state index contributed by atoms with van der Waals surface area (Å²) in [5, 5.41) is 9.60. The Morgan fingerprint density at radius 1 is 1.35 bits per heavy atom. The predicted octanol–water partition coefficient (Wildman–Crippen LogP) is 2.96. The van der Waals surface area contributed by atoms with E-state index in [4.69, 9.17) is 15.2 Å². The molecule has 1 aromatic rings. The van der Waals surface area contributed by atoms with Crippen LogP contribution in [0, 0.1) is 0 Å². The van der Waals surface area contributed by atoms with E-state index in [1.807, 2.05) is 24.3 Å². The molecule has 3 N–H and O–H groups in total. The number of hydrogen-bond donors (Lipinski definition) is 2. The van der Waals surface area contributed by atoms with Crippen LogP contribution in [-0.2, 0) is 9.53 Å². The Labute approximate surface area is 138 Å². The fourth-order valence-electron chi connectivity index (χ4n) is 2.59. The maximum atomic E-state index is 10.5. The van der Waals surface area contributed by atoms with Crippen LogP contribution in [0.4, 0.5) is 0 Å². The standard InChI is InChI=1S/C10H15NO2.C8H14O2/c1-13-9-4-2-3-8(7-9)10(12)5-6-11;1-7(9)10-8-5-3-2-4-6-8/h2-4,7,10,12H,5-6,11H2,1H3;8H,2-6H2,1H3/t10-;/m1./s1. The van der Waals surface area contributed by atoms with E-state index in [0.29, 0.717) is 13.0 Å². The Bertz CT molecular complexity index is 458. The van der Waals surface area contributed by atoms with Gasteiger partial charge in [0.25, 0.3) is 0 Å². The molecule has 0 aromatic heterocycles. The summed E-state index contributed by atoms with van der Waals surface area (Å²) in [6.07, 6.45) is 6.20. The zero-order chi connectivity index (χ0) is 17.1. The van der Waals surface area contributed by atoms with E-state index in [0.717, 1.165) is 24.2 Å². The Balaban J connectivity index is 0.000000238. The van der Waals surface area contributed by atoms with Crippen LogP contribution in [0.1, 0.15) is 57.1 Å². The molecule has 5 heteroatoms. The monoisotopic (exact) mass is 323 g/mol. The summed E-state index contributed by atoms with van der Waals surface area (Å²) in [6, 6.07) is 7.38. The molecule has 23 heavy (non-hydrogen) atoms. The average molecular weight is 323 g/mol. The fraction of sp³-hybridized carbons (Fsp3) is 0.611. The van der Waals surface area contributed by atoms with Gasteiger partial charge in [0.05, 0.1) is 13.2 Å². The van der Waals surface area contributed by atoms with Crippen molar-refractivity contribution in [3.8, 4) is 5.75 Å². The highest BCUT2D eigenvalue weighted by atomic mass is 16.5. The Hall–Kier alpha value is -1.59. The van der Waals surface area contributed by atoms with Crippen LogP contribution >= 0.6 is 0 Å². The lowest BCUT2D eigenvalue weighted by molar-refractivity contribution is -0.147. The number of methoxy groups -OCH3 is 1. The maximum Gasteiger partial charge on any atom is 0.302 e. The van der Waals surface area contributed by atoms with Gasteiger partial charge < -0.3 is 20.3 Å². The molecule has 1 atom stereocenters. The lowest BCUT2D eigenvalue weighted by Gasteiger charge is -2.20. The van der Waals surface area contributed by atoms with Crippen molar-refractivity contribution in [2.75, 3.05) is 13.7 Å². The van der Waals surface area contributed by atoms with E-state index >= 15 is 0 Å². The highest BCUT2D eigenvalue weighted by Crippen LogP contribution is 2.21. The van der Waals surface area contributed by atoms with Crippen LogP contribution < -0.4 is 10.5 Å². The second-order valence-electron chi connectivity index (χ2n) is 5.74. The zero-order valence-corrected chi connectivity index (χ0v) is 14.2. The van der Waals surface area contributed by atoms with Crippen LogP contribution in [0.15, 0.2) is 24.3 Å². The molecule has 0 amide bonds. The Morgan fingerprint density at radius 3 is 2.61 bits per heavy atom. The van der Waals surface area contributed by atoms with Crippen LogP contribution in [0.25, 0.3) is 0 Å². The summed E-state index contributed by atoms with van der Waals surface area (Å²) in [5.74, 6) is 0.625. The molecule has 1 aliphatic rings. The smallest absolute Gasteiger partial charge is 0.302 e. The first-order chi connectivity index (χ1) is 11.1. The van der Waals surface area contributed by atoms with Crippen molar-refractivity contribution in [3.05, 3.63) is 29.8 Å². The predicted molar refractivity (Wildman–Crippen MR) is 90.3 cm³/mol. The number of aliphatic hydroxyl groups excluding tert-OH is 1. The second-order valence-corrected chi connectivity index (χ2v) is 5.74. The van der Waals surface area contributed by atoms with Crippen molar-refractivity contribution in [2.24, 2.45) is 5.73 Å². The number of carbonyl (C=O) groups is 1. The van der Waals surface area contributed by atoms with Crippen molar-refractivity contribution in [1.29, 1.82) is 0 Å². The number of nitrogens with two attached hydrogens (primary N) is 1. The van der Waals surface area contributed by atoms with E-state index in [2.05, 4.69) is 0 Å². The van der Waals surface area contributed by atoms with Gasteiger partial charge in [-0.25, -0.2) is 0 Å².